The zero-order valence-electron chi connectivity index (χ0n) is 16.4. The van der Waals surface area contributed by atoms with Crippen LogP contribution in [0.25, 0.3) is 16.1 Å². The van der Waals surface area contributed by atoms with Gasteiger partial charge in [0.1, 0.15) is 5.01 Å². The second-order valence-electron chi connectivity index (χ2n) is 6.12. The van der Waals surface area contributed by atoms with Crippen LogP contribution in [0.5, 0.6) is 0 Å². The molecule has 4 N–H and O–H groups in total. The summed E-state index contributed by atoms with van der Waals surface area (Å²) in [5.74, 6) is 0. The molecule has 0 spiro atoms. The normalized spacial score (nSPS) is 12.1. The minimum absolute atomic E-state index is 0.660. The first kappa shape index (κ1) is 20.6. The van der Waals surface area contributed by atoms with Crippen molar-refractivity contribution in [3.63, 3.8) is 0 Å². The number of nitrogens with zero attached hydrogens (tertiary/aromatic N) is 2. The summed E-state index contributed by atoms with van der Waals surface area (Å²) in [6.45, 7) is 10.7. The van der Waals surface area contributed by atoms with Gasteiger partial charge in [0, 0.05) is 47.7 Å². The van der Waals surface area contributed by atoms with Crippen molar-refractivity contribution in [2.75, 3.05) is 18.9 Å². The van der Waals surface area contributed by atoms with Gasteiger partial charge in [0.2, 0.25) is 0 Å². The molecule has 6 heteroatoms. The molecule has 0 fully saturated rings. The maximum atomic E-state index is 7.89. The van der Waals surface area contributed by atoms with Gasteiger partial charge in [0.15, 0.2) is 0 Å². The van der Waals surface area contributed by atoms with Gasteiger partial charge in [0.25, 0.3) is 0 Å². The van der Waals surface area contributed by atoms with Gasteiger partial charge in [-0.05, 0) is 49.6 Å². The van der Waals surface area contributed by atoms with Crippen molar-refractivity contribution < 1.29 is 0 Å². The lowest BCUT2D eigenvalue weighted by Crippen LogP contribution is -2.03. The summed E-state index contributed by atoms with van der Waals surface area (Å²) in [5.41, 5.74) is 12.8. The fraction of sp³-hybridized carbons (Fsp3) is 0.286. The number of anilines is 1. The number of nitrogens with one attached hydrogen (secondary N) is 2. The van der Waals surface area contributed by atoms with E-state index in [1.165, 1.54) is 17.6 Å². The van der Waals surface area contributed by atoms with E-state index in [0.29, 0.717) is 12.2 Å². The van der Waals surface area contributed by atoms with Gasteiger partial charge in [0.05, 0.1) is 11.4 Å². The third kappa shape index (κ3) is 4.71. The fourth-order valence-corrected chi connectivity index (χ4v) is 3.55. The predicted molar refractivity (Wildman–Crippen MR) is 119 cm³/mol. The molecule has 0 aliphatic heterocycles. The molecule has 5 nitrogen and oxygen atoms in total. The van der Waals surface area contributed by atoms with Gasteiger partial charge < -0.3 is 16.5 Å². The van der Waals surface area contributed by atoms with Crippen LogP contribution in [0, 0.1) is 5.41 Å². The highest BCUT2D eigenvalue weighted by Crippen LogP contribution is 2.34. The molecule has 0 radical (unpaired) electrons. The minimum atomic E-state index is 0.660. The van der Waals surface area contributed by atoms with E-state index in [0.717, 1.165) is 50.8 Å². The summed E-state index contributed by atoms with van der Waals surface area (Å²) >= 11 is 1.54. The van der Waals surface area contributed by atoms with E-state index in [9.17, 15) is 0 Å². The van der Waals surface area contributed by atoms with Crippen LogP contribution in [0.1, 0.15) is 44.0 Å². The van der Waals surface area contributed by atoms with E-state index in [-0.39, 0.29) is 0 Å². The Morgan fingerprint density at radius 2 is 2.15 bits per heavy atom. The molecule has 0 atom stereocenters. The quantitative estimate of drug-likeness (QED) is 0.566. The van der Waals surface area contributed by atoms with E-state index in [1.54, 1.807) is 0 Å². The maximum absolute atomic E-state index is 7.89. The van der Waals surface area contributed by atoms with Crippen molar-refractivity contribution in [1.29, 1.82) is 5.41 Å². The van der Waals surface area contributed by atoms with Crippen LogP contribution in [0.4, 0.5) is 5.69 Å². The van der Waals surface area contributed by atoms with Gasteiger partial charge >= 0.3 is 0 Å². The number of nitrogens with two attached hydrogens (primary N) is 1. The minimum Gasteiger partial charge on any atom is -0.402 e. The highest BCUT2D eigenvalue weighted by Gasteiger charge is 2.16. The Labute approximate surface area is 165 Å². The number of allylic oxidation sites excluding steroid dienone is 3. The van der Waals surface area contributed by atoms with E-state index in [1.807, 2.05) is 38.4 Å². The van der Waals surface area contributed by atoms with E-state index in [2.05, 4.69) is 29.9 Å². The van der Waals surface area contributed by atoms with Crippen molar-refractivity contribution in [2.24, 2.45) is 10.7 Å². The lowest BCUT2D eigenvalue weighted by atomic mass is 9.97. The molecular weight excluding hydrogens is 354 g/mol. The van der Waals surface area contributed by atoms with Crippen LogP contribution in [-0.4, -0.2) is 30.5 Å². The molecule has 0 unspecified atom stereocenters. The van der Waals surface area contributed by atoms with E-state index >= 15 is 0 Å². The number of rotatable bonds is 8. The Balaban J connectivity index is 2.63. The molecule has 142 valence electrons. The van der Waals surface area contributed by atoms with Gasteiger partial charge in [-0.2, -0.15) is 0 Å². The van der Waals surface area contributed by atoms with E-state index < -0.39 is 0 Å². The lowest BCUT2D eigenvalue weighted by Gasteiger charge is -2.14. The predicted octanol–water partition coefficient (Wildman–Crippen LogP) is 4.94. The Morgan fingerprint density at radius 3 is 2.70 bits per heavy atom. The van der Waals surface area contributed by atoms with Crippen LogP contribution in [0.2, 0.25) is 0 Å². The van der Waals surface area contributed by atoms with E-state index in [4.69, 9.17) is 16.1 Å². The molecule has 0 bridgehead atoms. The van der Waals surface area contributed by atoms with Crippen LogP contribution >= 0.6 is 11.3 Å². The fourth-order valence-electron chi connectivity index (χ4n) is 2.70. The topological polar surface area (TPSA) is 87.2 Å². The van der Waals surface area contributed by atoms with Gasteiger partial charge in [-0.25, -0.2) is 4.98 Å². The average molecular weight is 382 g/mol. The molecule has 0 saturated heterocycles. The van der Waals surface area contributed by atoms with Crippen LogP contribution in [0.3, 0.4) is 0 Å². The zero-order valence-corrected chi connectivity index (χ0v) is 17.2. The largest absolute Gasteiger partial charge is 0.402 e. The molecule has 27 heavy (non-hydrogen) atoms. The van der Waals surface area contributed by atoms with Gasteiger partial charge in [-0.15, -0.1) is 11.3 Å². The highest BCUT2D eigenvalue weighted by molar-refractivity contribution is 7.13. The third-order valence-electron chi connectivity index (χ3n) is 4.12. The third-order valence-corrected chi connectivity index (χ3v) is 4.99. The van der Waals surface area contributed by atoms with Gasteiger partial charge in [-0.1, -0.05) is 13.5 Å². The molecular formula is C21H27N5S. The Morgan fingerprint density at radius 1 is 1.41 bits per heavy atom. The Kier molecular flexibility index (Phi) is 7.07. The molecule has 0 aliphatic rings. The summed E-state index contributed by atoms with van der Waals surface area (Å²) in [5, 5.41) is 13.9. The van der Waals surface area contributed by atoms with Crippen molar-refractivity contribution in [3.05, 3.63) is 52.7 Å². The van der Waals surface area contributed by atoms with Crippen molar-refractivity contribution in [3.8, 4) is 10.6 Å². The first-order valence-corrected chi connectivity index (χ1v) is 9.81. The first-order chi connectivity index (χ1) is 12.9. The van der Waals surface area contributed by atoms with Crippen molar-refractivity contribution in [1.82, 2.24) is 4.98 Å². The Bertz CT molecular complexity index is 901. The molecule has 0 aliphatic carbocycles. The summed E-state index contributed by atoms with van der Waals surface area (Å²) in [6, 6.07) is 4.10. The molecule has 1 heterocycles. The number of aliphatic imine (C=N–C) groups is 1. The Hall–Kier alpha value is -2.73. The lowest BCUT2D eigenvalue weighted by molar-refractivity contribution is 1.12. The summed E-state index contributed by atoms with van der Waals surface area (Å²) in [6.07, 6.45) is 4.07. The molecule has 2 rings (SSSR count). The maximum Gasteiger partial charge on any atom is 0.124 e. The number of hydrogen-bond donors (Lipinski definition) is 3. The summed E-state index contributed by atoms with van der Waals surface area (Å²) < 4.78 is 0. The average Bonchev–Trinajstić information content (AvgIpc) is 3.15. The van der Waals surface area contributed by atoms with Crippen molar-refractivity contribution >= 4 is 34.5 Å². The standard InChI is InChI=1S/C21H27N5S/c1-6-13(3)15-9-16(17(11-22)18(10-15)24-5)21-26-20(12-27-21)19(25-7-2)8-14(4)23/h8-12,22,24H,3,6-7,23H2,1-2,4-5H3/b14-8-,22-11?,25-19?. The number of benzene rings is 1. The molecule has 2 aromatic rings. The number of aromatic nitrogens is 1. The number of hydrogen-bond acceptors (Lipinski definition) is 6. The summed E-state index contributed by atoms with van der Waals surface area (Å²) in [4.78, 5) is 9.30. The number of thiazole rings is 1. The highest BCUT2D eigenvalue weighted by atomic mass is 32.1. The molecule has 1 aromatic heterocycles. The smallest absolute Gasteiger partial charge is 0.124 e. The summed E-state index contributed by atoms with van der Waals surface area (Å²) in [7, 11) is 1.86. The molecule has 0 amide bonds. The molecule has 1 aromatic carbocycles. The SMILES string of the molecule is C=C(CC)c1cc(NC)c(C=N)c(-c2nc(C(/C=C(/C)N)=NCC)cs2)c1. The van der Waals surface area contributed by atoms with Gasteiger partial charge in [-0.3, -0.25) is 4.99 Å². The zero-order chi connectivity index (χ0) is 20.0. The molecule has 0 saturated carbocycles. The second kappa shape index (κ2) is 9.28. The first-order valence-electron chi connectivity index (χ1n) is 8.93. The monoisotopic (exact) mass is 381 g/mol. The van der Waals surface area contributed by atoms with Crippen LogP contribution < -0.4 is 11.1 Å². The van der Waals surface area contributed by atoms with Crippen LogP contribution in [-0.2, 0) is 0 Å². The van der Waals surface area contributed by atoms with Crippen LogP contribution in [0.15, 0.2) is 40.9 Å². The van der Waals surface area contributed by atoms with Crippen molar-refractivity contribution in [2.45, 2.75) is 27.2 Å². The second-order valence-corrected chi connectivity index (χ2v) is 6.98.